The minimum Gasteiger partial charge on any atom is -0.489 e. The molecule has 1 heterocycles. The number of rotatable bonds is 7. The number of carbonyl (C=O) groups is 3. The van der Waals surface area contributed by atoms with Crippen molar-refractivity contribution < 1.29 is 23.5 Å². The second-order valence-electron chi connectivity index (χ2n) is 7.75. The summed E-state index contributed by atoms with van der Waals surface area (Å²) in [5.41, 5.74) is 2.41. The second-order valence-corrected chi connectivity index (χ2v) is 9.15. The molecule has 1 N–H and O–H groups in total. The molecule has 0 aromatic heterocycles. The van der Waals surface area contributed by atoms with E-state index < -0.39 is 22.9 Å². The Labute approximate surface area is 210 Å². The lowest BCUT2D eigenvalue weighted by atomic mass is 10.2. The van der Waals surface area contributed by atoms with Crippen LogP contribution in [-0.2, 0) is 16.2 Å². The zero-order chi connectivity index (χ0) is 24.9. The number of benzene rings is 3. The minimum absolute atomic E-state index is 0.0679. The molecule has 1 fully saturated rings. The molecule has 9 heteroatoms. The lowest BCUT2D eigenvalue weighted by Crippen LogP contribution is -2.36. The number of nitrogens with one attached hydrogen (secondary N) is 1. The molecule has 3 amide bonds. The van der Waals surface area contributed by atoms with Gasteiger partial charge in [-0.1, -0.05) is 41.9 Å². The summed E-state index contributed by atoms with van der Waals surface area (Å²) in [5, 5.41) is 2.43. The maximum absolute atomic E-state index is 14.0. The minimum atomic E-state index is -0.552. The molecule has 0 bridgehead atoms. The number of halogens is 2. The summed E-state index contributed by atoms with van der Waals surface area (Å²) < 4.78 is 19.6. The first-order valence-electron chi connectivity index (χ1n) is 10.6. The van der Waals surface area contributed by atoms with Crippen LogP contribution in [0, 0.1) is 12.7 Å². The predicted molar refractivity (Wildman–Crippen MR) is 135 cm³/mol. The summed E-state index contributed by atoms with van der Waals surface area (Å²) in [6, 6.07) is 18.4. The van der Waals surface area contributed by atoms with Crippen LogP contribution in [0.1, 0.15) is 16.7 Å². The third-order valence-electron chi connectivity index (χ3n) is 5.08. The van der Waals surface area contributed by atoms with Gasteiger partial charge in [-0.15, -0.1) is 0 Å². The van der Waals surface area contributed by atoms with Gasteiger partial charge >= 0.3 is 0 Å². The molecule has 3 aromatic rings. The van der Waals surface area contributed by atoms with Crippen LogP contribution in [0.2, 0.25) is 5.02 Å². The molecule has 0 radical (unpaired) electrons. The Morgan fingerprint density at radius 3 is 2.66 bits per heavy atom. The zero-order valence-corrected chi connectivity index (χ0v) is 20.2. The van der Waals surface area contributed by atoms with E-state index in [9.17, 15) is 18.8 Å². The summed E-state index contributed by atoms with van der Waals surface area (Å²) in [4.78, 5) is 38.6. The van der Waals surface area contributed by atoms with E-state index in [0.29, 0.717) is 17.0 Å². The molecule has 35 heavy (non-hydrogen) atoms. The molecule has 0 atom stereocenters. The van der Waals surface area contributed by atoms with Crippen molar-refractivity contribution in [2.45, 2.75) is 13.5 Å². The van der Waals surface area contributed by atoms with Crippen molar-refractivity contribution >= 4 is 52.2 Å². The number of imide groups is 1. The van der Waals surface area contributed by atoms with Crippen molar-refractivity contribution in [3.05, 3.63) is 99.2 Å². The van der Waals surface area contributed by atoms with Crippen molar-refractivity contribution in [3.63, 3.8) is 0 Å². The molecular weight excluding hydrogens is 491 g/mol. The van der Waals surface area contributed by atoms with Gasteiger partial charge in [0.25, 0.3) is 11.1 Å². The number of hydrogen-bond acceptors (Lipinski definition) is 5. The van der Waals surface area contributed by atoms with Crippen molar-refractivity contribution in [3.8, 4) is 5.75 Å². The number of hydrogen-bond donors (Lipinski definition) is 1. The van der Waals surface area contributed by atoms with Crippen LogP contribution >= 0.6 is 23.4 Å². The van der Waals surface area contributed by atoms with Crippen LogP contribution < -0.4 is 10.1 Å². The van der Waals surface area contributed by atoms with Gasteiger partial charge < -0.3 is 10.1 Å². The van der Waals surface area contributed by atoms with Crippen molar-refractivity contribution in [2.24, 2.45) is 0 Å². The fourth-order valence-corrected chi connectivity index (χ4v) is 4.43. The summed E-state index contributed by atoms with van der Waals surface area (Å²) in [6.45, 7) is 1.44. The van der Waals surface area contributed by atoms with Crippen LogP contribution in [0.25, 0.3) is 6.08 Å². The Bertz CT molecular complexity index is 1320. The average molecular weight is 511 g/mol. The van der Waals surface area contributed by atoms with Crippen molar-refractivity contribution in [1.82, 2.24) is 4.90 Å². The van der Waals surface area contributed by atoms with Gasteiger partial charge in [0.1, 0.15) is 24.7 Å². The van der Waals surface area contributed by atoms with Crippen LogP contribution in [0.15, 0.2) is 71.6 Å². The molecule has 0 aliphatic carbocycles. The van der Waals surface area contributed by atoms with Gasteiger partial charge in [-0.05, 0) is 72.3 Å². The Hall–Kier alpha value is -3.62. The third-order valence-corrected chi connectivity index (χ3v) is 6.34. The number of ether oxygens (including phenoxy) is 1. The Morgan fingerprint density at radius 2 is 1.89 bits per heavy atom. The summed E-state index contributed by atoms with van der Waals surface area (Å²) in [6.07, 6.45) is 1.55. The Kier molecular flexibility index (Phi) is 7.53. The van der Waals surface area contributed by atoms with Gasteiger partial charge in [-0.3, -0.25) is 19.3 Å². The SMILES string of the molecule is Cc1cccc(NC(=O)CN2C(=O)S/C(=C/c3cccc(OCc4c(F)cccc4Cl)c3)C2=O)c1. The van der Waals surface area contributed by atoms with Crippen LogP contribution in [0.4, 0.5) is 14.9 Å². The molecule has 6 nitrogen and oxygen atoms in total. The highest BCUT2D eigenvalue weighted by molar-refractivity contribution is 8.18. The molecular formula is C26H20ClFN2O4S. The highest BCUT2D eigenvalue weighted by Gasteiger charge is 2.36. The standard InChI is InChI=1S/C26H20ClFN2O4S/c1-16-5-2-7-18(11-16)29-24(31)14-30-25(32)23(35-26(30)33)13-17-6-3-8-19(12-17)34-15-20-21(27)9-4-10-22(20)28/h2-13H,14-15H2,1H3,(H,29,31)/b23-13+. The first-order chi connectivity index (χ1) is 16.8. The maximum Gasteiger partial charge on any atom is 0.294 e. The number of anilines is 1. The predicted octanol–water partition coefficient (Wildman–Crippen LogP) is 6.04. The second kappa shape index (κ2) is 10.8. The van der Waals surface area contributed by atoms with Gasteiger partial charge in [-0.2, -0.15) is 0 Å². The smallest absolute Gasteiger partial charge is 0.294 e. The highest BCUT2D eigenvalue weighted by Crippen LogP contribution is 2.32. The quantitative estimate of drug-likeness (QED) is 0.392. The zero-order valence-electron chi connectivity index (χ0n) is 18.6. The molecule has 3 aromatic carbocycles. The first kappa shape index (κ1) is 24.5. The monoisotopic (exact) mass is 510 g/mol. The first-order valence-corrected chi connectivity index (χ1v) is 11.8. The number of thioether (sulfide) groups is 1. The van der Waals surface area contributed by atoms with E-state index in [1.165, 1.54) is 12.1 Å². The molecule has 0 spiro atoms. The molecule has 1 aliphatic heterocycles. The number of nitrogens with zero attached hydrogens (tertiary/aromatic N) is 1. The van der Waals surface area contributed by atoms with Crippen molar-refractivity contribution in [2.75, 3.05) is 11.9 Å². The van der Waals surface area contributed by atoms with Gasteiger partial charge in [0.2, 0.25) is 5.91 Å². The molecule has 1 saturated heterocycles. The Balaban J connectivity index is 1.42. The molecule has 1 aliphatic rings. The maximum atomic E-state index is 14.0. The topological polar surface area (TPSA) is 75.7 Å². The van der Waals surface area contributed by atoms with Gasteiger partial charge in [0.15, 0.2) is 0 Å². The van der Waals surface area contributed by atoms with Crippen LogP contribution in [0.5, 0.6) is 5.75 Å². The largest absolute Gasteiger partial charge is 0.489 e. The third kappa shape index (κ3) is 6.09. The van der Waals surface area contributed by atoms with E-state index in [1.54, 1.807) is 54.6 Å². The summed E-state index contributed by atoms with van der Waals surface area (Å²) in [5.74, 6) is -1.05. The van der Waals surface area contributed by atoms with Crippen LogP contribution in [0.3, 0.4) is 0 Å². The van der Waals surface area contributed by atoms with E-state index in [-0.39, 0.29) is 28.6 Å². The molecule has 178 valence electrons. The van der Waals surface area contributed by atoms with E-state index in [2.05, 4.69) is 5.32 Å². The molecule has 4 rings (SSSR count). The Morgan fingerprint density at radius 1 is 1.11 bits per heavy atom. The highest BCUT2D eigenvalue weighted by atomic mass is 35.5. The summed E-state index contributed by atoms with van der Waals surface area (Å²) in [7, 11) is 0. The lowest BCUT2D eigenvalue weighted by Gasteiger charge is -2.12. The normalized spacial score (nSPS) is 14.5. The summed E-state index contributed by atoms with van der Waals surface area (Å²) >= 11 is 6.80. The van der Waals surface area contributed by atoms with E-state index >= 15 is 0 Å². The molecule has 0 unspecified atom stereocenters. The van der Waals surface area contributed by atoms with E-state index in [4.69, 9.17) is 16.3 Å². The number of aryl methyl sites for hydroxylation is 1. The average Bonchev–Trinajstić information content (AvgIpc) is 3.06. The van der Waals surface area contributed by atoms with Crippen LogP contribution in [-0.4, -0.2) is 28.5 Å². The number of amides is 3. The lowest BCUT2D eigenvalue weighted by molar-refractivity contribution is -0.127. The van der Waals surface area contributed by atoms with E-state index in [1.807, 2.05) is 13.0 Å². The van der Waals surface area contributed by atoms with Gasteiger partial charge in [0.05, 0.1) is 9.93 Å². The fraction of sp³-hybridized carbons (Fsp3) is 0.115. The number of carbonyl (C=O) groups excluding carboxylic acids is 3. The molecule has 0 saturated carbocycles. The van der Waals surface area contributed by atoms with Crippen molar-refractivity contribution in [1.29, 1.82) is 0 Å². The fourth-order valence-electron chi connectivity index (χ4n) is 3.37. The van der Waals surface area contributed by atoms with Gasteiger partial charge in [-0.25, -0.2) is 4.39 Å². The van der Waals surface area contributed by atoms with E-state index in [0.717, 1.165) is 22.2 Å². The van der Waals surface area contributed by atoms with Gasteiger partial charge in [0, 0.05) is 11.3 Å².